The smallest absolute Gasteiger partial charge is 0.165 e. The van der Waals surface area contributed by atoms with E-state index in [1.54, 1.807) is 24.4 Å². The van der Waals surface area contributed by atoms with Gasteiger partial charge in [-0.15, -0.1) is 0 Å². The van der Waals surface area contributed by atoms with Crippen molar-refractivity contribution in [1.82, 2.24) is 14.6 Å². The summed E-state index contributed by atoms with van der Waals surface area (Å²) in [7, 11) is 0. The first-order valence-corrected chi connectivity index (χ1v) is 7.95. The molecule has 1 aromatic carbocycles. The summed E-state index contributed by atoms with van der Waals surface area (Å²) in [4.78, 5) is 10.9. The van der Waals surface area contributed by atoms with E-state index in [9.17, 15) is 4.39 Å². The van der Waals surface area contributed by atoms with Crippen molar-refractivity contribution in [1.29, 1.82) is 0 Å². The van der Waals surface area contributed by atoms with Gasteiger partial charge in [-0.25, -0.2) is 14.4 Å². The van der Waals surface area contributed by atoms with Crippen LogP contribution in [0.3, 0.4) is 0 Å². The van der Waals surface area contributed by atoms with Crippen LogP contribution in [0.1, 0.15) is 12.8 Å². The van der Waals surface area contributed by atoms with Crippen molar-refractivity contribution >= 4 is 16.9 Å². The van der Waals surface area contributed by atoms with E-state index in [-0.39, 0.29) is 17.6 Å². The Hall–Kier alpha value is -2.83. The van der Waals surface area contributed by atoms with Gasteiger partial charge in [0.15, 0.2) is 17.2 Å². The second-order valence-corrected chi connectivity index (χ2v) is 5.89. The second-order valence-electron chi connectivity index (χ2n) is 5.89. The minimum absolute atomic E-state index is 0.142. The first-order chi connectivity index (χ1) is 11.7. The molecule has 1 saturated heterocycles. The lowest BCUT2D eigenvalue weighted by molar-refractivity contribution is 0.275. The van der Waals surface area contributed by atoms with Crippen molar-refractivity contribution in [3.05, 3.63) is 48.7 Å². The molecule has 7 heteroatoms. The summed E-state index contributed by atoms with van der Waals surface area (Å²) in [5.74, 6) is 6.66. The molecule has 1 fully saturated rings. The van der Waals surface area contributed by atoms with Gasteiger partial charge in [0.05, 0.1) is 11.4 Å². The summed E-state index contributed by atoms with van der Waals surface area (Å²) in [5.41, 5.74) is 0.695. The van der Waals surface area contributed by atoms with Crippen molar-refractivity contribution in [3.63, 3.8) is 0 Å². The van der Waals surface area contributed by atoms with E-state index >= 15 is 0 Å². The minimum Gasteiger partial charge on any atom is -0.488 e. The van der Waals surface area contributed by atoms with Gasteiger partial charge < -0.3 is 15.5 Å². The summed E-state index contributed by atoms with van der Waals surface area (Å²) in [6.45, 7) is 1.29. The zero-order chi connectivity index (χ0) is 16.5. The number of benzene rings is 1. The molecule has 1 unspecified atom stereocenters. The highest BCUT2D eigenvalue weighted by Crippen LogP contribution is 2.30. The van der Waals surface area contributed by atoms with Crippen molar-refractivity contribution in [2.45, 2.75) is 18.9 Å². The van der Waals surface area contributed by atoms with Crippen LogP contribution in [-0.2, 0) is 0 Å². The van der Waals surface area contributed by atoms with Gasteiger partial charge in [0.25, 0.3) is 0 Å². The number of aromatic nitrogens is 3. The monoisotopic (exact) mass is 327 g/mol. The maximum absolute atomic E-state index is 13.7. The number of halogens is 1. The van der Waals surface area contributed by atoms with Crippen molar-refractivity contribution in [3.8, 4) is 5.75 Å². The summed E-state index contributed by atoms with van der Waals surface area (Å²) in [6, 6.07) is 8.52. The van der Waals surface area contributed by atoms with Gasteiger partial charge in [0.2, 0.25) is 0 Å². The van der Waals surface area contributed by atoms with Gasteiger partial charge in [-0.3, -0.25) is 4.68 Å². The fourth-order valence-electron chi connectivity index (χ4n) is 3.22. The van der Waals surface area contributed by atoms with Crippen LogP contribution in [0.15, 0.2) is 42.9 Å². The van der Waals surface area contributed by atoms with Crippen molar-refractivity contribution in [2.24, 2.45) is 0 Å². The zero-order valence-electron chi connectivity index (χ0n) is 13.1. The maximum Gasteiger partial charge on any atom is 0.165 e. The topological polar surface area (TPSA) is 69.2 Å². The molecule has 124 valence electrons. The Bertz CT molecular complexity index is 865. The molecule has 2 N–H and O–H groups in total. The first-order valence-electron chi connectivity index (χ1n) is 7.95. The molecule has 3 heterocycles. The molecule has 2 aromatic heterocycles. The SMILES string of the molecule is Nn1ccc2c(N3CCCC3COc3ccccc3F)ncnc21. The Morgan fingerprint density at radius 2 is 2.12 bits per heavy atom. The third-order valence-electron chi connectivity index (χ3n) is 4.41. The minimum atomic E-state index is -0.341. The van der Waals surface area contributed by atoms with Gasteiger partial charge in [-0.1, -0.05) is 12.1 Å². The quantitative estimate of drug-likeness (QED) is 0.745. The highest BCUT2D eigenvalue weighted by atomic mass is 19.1. The van der Waals surface area contributed by atoms with Crippen molar-refractivity contribution < 1.29 is 9.13 Å². The Morgan fingerprint density at radius 1 is 1.25 bits per heavy atom. The van der Waals surface area contributed by atoms with E-state index in [2.05, 4.69) is 14.9 Å². The predicted molar refractivity (Wildman–Crippen MR) is 89.9 cm³/mol. The number of nitrogen functional groups attached to an aromatic ring is 1. The van der Waals surface area contributed by atoms with E-state index < -0.39 is 0 Å². The zero-order valence-corrected chi connectivity index (χ0v) is 13.1. The third-order valence-corrected chi connectivity index (χ3v) is 4.41. The van der Waals surface area contributed by atoms with Crippen LogP contribution in [0.4, 0.5) is 10.2 Å². The highest BCUT2D eigenvalue weighted by molar-refractivity contribution is 5.88. The highest BCUT2D eigenvalue weighted by Gasteiger charge is 2.28. The number of ether oxygens (including phenoxy) is 1. The standard InChI is InChI=1S/C17H18FN5O/c18-14-5-1-2-6-15(14)24-10-12-4-3-8-22(12)16-13-7-9-23(19)17(13)21-11-20-16/h1-2,5-7,9,11-12H,3-4,8,10,19H2. The van der Waals surface area contributed by atoms with E-state index in [0.717, 1.165) is 30.6 Å². The molecule has 24 heavy (non-hydrogen) atoms. The van der Waals surface area contributed by atoms with Crippen LogP contribution in [0.2, 0.25) is 0 Å². The lowest BCUT2D eigenvalue weighted by Crippen LogP contribution is -2.35. The summed E-state index contributed by atoms with van der Waals surface area (Å²) in [6.07, 6.45) is 5.31. The molecule has 0 radical (unpaired) electrons. The molecule has 4 rings (SSSR count). The van der Waals surface area contributed by atoms with E-state index in [0.29, 0.717) is 12.3 Å². The van der Waals surface area contributed by atoms with Crippen LogP contribution in [0, 0.1) is 5.82 Å². The number of para-hydroxylation sites is 1. The van der Waals surface area contributed by atoms with Crippen LogP contribution in [0.25, 0.3) is 11.0 Å². The van der Waals surface area contributed by atoms with E-state index in [1.165, 1.54) is 17.1 Å². The molecule has 6 nitrogen and oxygen atoms in total. The summed E-state index contributed by atoms with van der Waals surface area (Å²) >= 11 is 0. The normalized spacial score (nSPS) is 17.5. The molecule has 0 bridgehead atoms. The number of anilines is 1. The number of hydrogen-bond donors (Lipinski definition) is 1. The molecular formula is C17H18FN5O. The first kappa shape index (κ1) is 14.7. The summed E-state index contributed by atoms with van der Waals surface area (Å²) in [5, 5.41) is 0.915. The average molecular weight is 327 g/mol. The molecule has 0 amide bonds. The molecule has 1 aliphatic rings. The van der Waals surface area contributed by atoms with Crippen LogP contribution < -0.4 is 15.5 Å². The number of nitrogens with zero attached hydrogens (tertiary/aromatic N) is 4. The average Bonchev–Trinajstić information content (AvgIpc) is 3.21. The Balaban J connectivity index is 1.57. The largest absolute Gasteiger partial charge is 0.488 e. The van der Waals surface area contributed by atoms with Gasteiger partial charge >= 0.3 is 0 Å². The molecule has 0 saturated carbocycles. The van der Waals surface area contributed by atoms with Crippen LogP contribution >= 0.6 is 0 Å². The van der Waals surface area contributed by atoms with Gasteiger partial charge in [0, 0.05) is 12.7 Å². The van der Waals surface area contributed by atoms with Crippen LogP contribution in [-0.4, -0.2) is 33.8 Å². The maximum atomic E-state index is 13.7. The number of fused-ring (bicyclic) bond motifs is 1. The summed E-state index contributed by atoms with van der Waals surface area (Å²) < 4.78 is 20.9. The van der Waals surface area contributed by atoms with Gasteiger partial charge in [-0.05, 0) is 31.0 Å². The number of rotatable bonds is 4. The molecule has 0 spiro atoms. The number of hydrogen-bond acceptors (Lipinski definition) is 5. The van der Waals surface area contributed by atoms with E-state index in [4.69, 9.17) is 10.6 Å². The Morgan fingerprint density at radius 3 is 3.00 bits per heavy atom. The fourth-order valence-corrected chi connectivity index (χ4v) is 3.22. The third kappa shape index (κ3) is 2.51. The lowest BCUT2D eigenvalue weighted by atomic mass is 10.2. The Labute approximate surface area is 138 Å². The van der Waals surface area contributed by atoms with Gasteiger partial charge in [0.1, 0.15) is 18.8 Å². The van der Waals surface area contributed by atoms with Gasteiger partial charge in [-0.2, -0.15) is 0 Å². The molecule has 1 aliphatic heterocycles. The number of nitrogens with two attached hydrogens (primary N) is 1. The molecular weight excluding hydrogens is 309 g/mol. The Kier molecular flexibility index (Phi) is 3.68. The molecule has 0 aliphatic carbocycles. The fraction of sp³-hybridized carbons (Fsp3) is 0.294. The van der Waals surface area contributed by atoms with Crippen molar-refractivity contribution in [2.75, 3.05) is 23.9 Å². The molecule has 3 aromatic rings. The van der Waals surface area contributed by atoms with Crippen LogP contribution in [0.5, 0.6) is 5.75 Å². The lowest BCUT2D eigenvalue weighted by Gasteiger charge is -2.26. The second kappa shape index (κ2) is 5.99. The molecule has 1 atom stereocenters. The predicted octanol–water partition coefficient (Wildman–Crippen LogP) is 2.33. The van der Waals surface area contributed by atoms with E-state index in [1.807, 2.05) is 6.07 Å².